The average Bonchev–Trinajstić information content (AvgIpc) is 2.79. The number of benzene rings is 1. The molecule has 0 bridgehead atoms. The fraction of sp³-hybridized carbons (Fsp3) is 0.650. The van der Waals surface area contributed by atoms with Crippen molar-refractivity contribution in [1.82, 2.24) is 13.5 Å². The van der Waals surface area contributed by atoms with Crippen LogP contribution in [0.5, 0.6) is 5.75 Å². The summed E-state index contributed by atoms with van der Waals surface area (Å²) < 4.78 is 34.0. The molecule has 12 heteroatoms. The van der Waals surface area contributed by atoms with E-state index in [1.165, 1.54) is 33.9 Å². The third kappa shape index (κ3) is 5.74. The van der Waals surface area contributed by atoms with Crippen molar-refractivity contribution in [2.75, 3.05) is 52.2 Å². The molecular weight excluding hydrogens is 438 g/mol. The summed E-state index contributed by atoms with van der Waals surface area (Å²) in [5.74, 6) is -0.0703. The van der Waals surface area contributed by atoms with E-state index in [-0.39, 0.29) is 24.0 Å². The van der Waals surface area contributed by atoms with Crippen molar-refractivity contribution in [2.45, 2.75) is 38.1 Å². The van der Waals surface area contributed by atoms with Crippen LogP contribution in [0.1, 0.15) is 32.1 Å². The van der Waals surface area contributed by atoms with Gasteiger partial charge in [0.25, 0.3) is 15.9 Å². The Bertz CT molecular complexity index is 926. The van der Waals surface area contributed by atoms with Gasteiger partial charge in [0.05, 0.1) is 24.6 Å². The first-order valence-electron chi connectivity index (χ1n) is 10.8. The molecular formula is C20H31N5O6S. The van der Waals surface area contributed by atoms with Crippen molar-refractivity contribution in [3.8, 4) is 5.75 Å². The van der Waals surface area contributed by atoms with Crippen LogP contribution in [0.3, 0.4) is 0 Å². The molecule has 1 saturated heterocycles. The molecule has 1 aromatic rings. The highest BCUT2D eigenvalue weighted by Crippen LogP contribution is 2.29. The standard InChI is InChI=1S/C20H31N5O6S/c1-22(16-6-4-3-5-7-16)32(29,30)24-12-10-23(11-13-24)15-20(26)21-18-9-8-17(31-2)14-19(18)25(27)28/h8-9,14,16H,3-7,10-13,15H2,1-2H3,(H,21,26). The number of amides is 1. The number of nitro groups is 1. The Labute approximate surface area is 188 Å². The van der Waals surface area contributed by atoms with Gasteiger partial charge in [-0.05, 0) is 25.0 Å². The van der Waals surface area contributed by atoms with Crippen LogP contribution >= 0.6 is 0 Å². The second-order valence-corrected chi connectivity index (χ2v) is 10.2. The van der Waals surface area contributed by atoms with Gasteiger partial charge in [-0.2, -0.15) is 17.0 Å². The van der Waals surface area contributed by atoms with Gasteiger partial charge in [0.2, 0.25) is 5.91 Å². The van der Waals surface area contributed by atoms with Gasteiger partial charge < -0.3 is 10.1 Å². The number of hydrogen-bond acceptors (Lipinski definition) is 7. The highest BCUT2D eigenvalue weighted by molar-refractivity contribution is 7.86. The molecule has 1 aromatic carbocycles. The molecule has 3 rings (SSSR count). The predicted octanol–water partition coefficient (Wildman–Crippen LogP) is 1.67. The smallest absolute Gasteiger partial charge is 0.296 e. The van der Waals surface area contributed by atoms with E-state index in [1.807, 2.05) is 4.90 Å². The van der Waals surface area contributed by atoms with Crippen LogP contribution in [0.15, 0.2) is 18.2 Å². The molecule has 2 aliphatic rings. The maximum Gasteiger partial charge on any atom is 0.296 e. The van der Waals surface area contributed by atoms with Crippen LogP contribution in [-0.2, 0) is 15.0 Å². The van der Waals surface area contributed by atoms with E-state index in [0.29, 0.717) is 31.9 Å². The summed E-state index contributed by atoms with van der Waals surface area (Å²) in [5, 5.41) is 13.9. The number of anilines is 1. The highest BCUT2D eigenvalue weighted by Gasteiger charge is 2.34. The summed E-state index contributed by atoms with van der Waals surface area (Å²) in [7, 11) is -0.465. The molecule has 178 valence electrons. The zero-order chi connectivity index (χ0) is 23.3. The van der Waals surface area contributed by atoms with E-state index in [9.17, 15) is 23.3 Å². The molecule has 2 fully saturated rings. The predicted molar refractivity (Wildman–Crippen MR) is 120 cm³/mol. The first kappa shape index (κ1) is 24.4. The fourth-order valence-electron chi connectivity index (χ4n) is 4.22. The van der Waals surface area contributed by atoms with Gasteiger partial charge in [-0.3, -0.25) is 19.8 Å². The molecule has 1 saturated carbocycles. The topological polar surface area (TPSA) is 125 Å². The number of carbonyl (C=O) groups excluding carboxylic acids is 1. The van der Waals surface area contributed by atoms with E-state index < -0.39 is 21.0 Å². The number of methoxy groups -OCH3 is 1. The molecule has 0 atom stereocenters. The lowest BCUT2D eigenvalue weighted by Crippen LogP contribution is -2.55. The first-order valence-corrected chi connectivity index (χ1v) is 12.2. The Morgan fingerprint density at radius 3 is 2.47 bits per heavy atom. The van der Waals surface area contributed by atoms with E-state index in [1.54, 1.807) is 7.05 Å². The lowest BCUT2D eigenvalue weighted by Gasteiger charge is -2.38. The monoisotopic (exact) mass is 469 g/mol. The minimum Gasteiger partial charge on any atom is -0.496 e. The quantitative estimate of drug-likeness (QED) is 0.453. The van der Waals surface area contributed by atoms with Gasteiger partial charge in [-0.25, -0.2) is 0 Å². The largest absolute Gasteiger partial charge is 0.496 e. The molecule has 1 aliphatic carbocycles. The summed E-state index contributed by atoms with van der Waals surface area (Å²) in [6, 6.07) is 4.27. The van der Waals surface area contributed by atoms with Crippen LogP contribution in [0.4, 0.5) is 11.4 Å². The van der Waals surface area contributed by atoms with Crippen LogP contribution in [-0.4, -0.2) is 85.7 Å². The zero-order valence-electron chi connectivity index (χ0n) is 18.5. The number of nitrogens with zero attached hydrogens (tertiary/aromatic N) is 4. The van der Waals surface area contributed by atoms with Crippen molar-refractivity contribution < 1.29 is 22.9 Å². The SMILES string of the molecule is COc1ccc(NC(=O)CN2CCN(S(=O)(=O)N(C)C3CCCCC3)CC2)c([N+](=O)[O-])c1. The molecule has 0 unspecified atom stereocenters. The number of rotatable bonds is 8. The van der Waals surface area contributed by atoms with Crippen LogP contribution in [0.2, 0.25) is 0 Å². The van der Waals surface area contributed by atoms with Crippen molar-refractivity contribution in [3.05, 3.63) is 28.3 Å². The van der Waals surface area contributed by atoms with Crippen LogP contribution in [0, 0.1) is 10.1 Å². The summed E-state index contributed by atoms with van der Waals surface area (Å²) in [5.41, 5.74) is -0.157. The molecule has 1 amide bonds. The maximum atomic E-state index is 13.0. The van der Waals surface area contributed by atoms with E-state index in [0.717, 1.165) is 32.1 Å². The average molecular weight is 470 g/mol. The Kier molecular flexibility index (Phi) is 8.04. The number of nitro benzene ring substituents is 1. The number of piperazine rings is 1. The fourth-order valence-corrected chi connectivity index (χ4v) is 5.80. The van der Waals surface area contributed by atoms with Gasteiger partial charge in [0.15, 0.2) is 0 Å². The van der Waals surface area contributed by atoms with Crippen LogP contribution < -0.4 is 10.1 Å². The Morgan fingerprint density at radius 1 is 1.22 bits per heavy atom. The zero-order valence-corrected chi connectivity index (χ0v) is 19.3. The Balaban J connectivity index is 1.53. The molecule has 0 aromatic heterocycles. The second kappa shape index (κ2) is 10.6. The molecule has 11 nitrogen and oxygen atoms in total. The molecule has 1 heterocycles. The molecule has 32 heavy (non-hydrogen) atoms. The molecule has 0 spiro atoms. The Hall–Kier alpha value is -2.28. The van der Waals surface area contributed by atoms with Gasteiger partial charge in [0, 0.05) is 39.3 Å². The van der Waals surface area contributed by atoms with Crippen molar-refractivity contribution in [2.24, 2.45) is 0 Å². The lowest BCUT2D eigenvalue weighted by molar-refractivity contribution is -0.384. The number of hydrogen-bond donors (Lipinski definition) is 1. The van der Waals surface area contributed by atoms with E-state index in [2.05, 4.69) is 5.32 Å². The van der Waals surface area contributed by atoms with Gasteiger partial charge in [-0.1, -0.05) is 19.3 Å². The maximum absolute atomic E-state index is 13.0. The first-order chi connectivity index (χ1) is 15.2. The number of nitrogens with one attached hydrogen (secondary N) is 1. The lowest BCUT2D eigenvalue weighted by atomic mass is 9.96. The summed E-state index contributed by atoms with van der Waals surface area (Å²) in [6.45, 7) is 1.45. The minimum atomic E-state index is -3.53. The van der Waals surface area contributed by atoms with Crippen molar-refractivity contribution in [3.63, 3.8) is 0 Å². The van der Waals surface area contributed by atoms with E-state index >= 15 is 0 Å². The molecule has 1 N–H and O–H groups in total. The van der Waals surface area contributed by atoms with Crippen LogP contribution in [0.25, 0.3) is 0 Å². The van der Waals surface area contributed by atoms with E-state index in [4.69, 9.17) is 4.74 Å². The molecule has 0 radical (unpaired) electrons. The molecule has 1 aliphatic heterocycles. The normalized spacial score (nSPS) is 19.1. The second-order valence-electron chi connectivity index (χ2n) is 8.18. The minimum absolute atomic E-state index is 0.0233. The third-order valence-electron chi connectivity index (χ3n) is 6.15. The third-order valence-corrected chi connectivity index (χ3v) is 8.20. The van der Waals surface area contributed by atoms with Gasteiger partial charge in [-0.15, -0.1) is 0 Å². The highest BCUT2D eigenvalue weighted by atomic mass is 32.2. The Morgan fingerprint density at radius 2 is 1.88 bits per heavy atom. The van der Waals surface area contributed by atoms with Gasteiger partial charge in [0.1, 0.15) is 11.4 Å². The van der Waals surface area contributed by atoms with Crippen molar-refractivity contribution >= 4 is 27.5 Å². The van der Waals surface area contributed by atoms with Gasteiger partial charge >= 0.3 is 0 Å². The number of ether oxygens (including phenoxy) is 1. The number of carbonyl (C=O) groups is 1. The van der Waals surface area contributed by atoms with Crippen molar-refractivity contribution in [1.29, 1.82) is 0 Å². The summed E-state index contributed by atoms with van der Waals surface area (Å²) >= 11 is 0. The summed E-state index contributed by atoms with van der Waals surface area (Å²) in [4.78, 5) is 25.0. The summed E-state index contributed by atoms with van der Waals surface area (Å²) in [6.07, 6.45) is 5.06.